The molecule has 0 bridgehead atoms. The van der Waals surface area contributed by atoms with E-state index in [2.05, 4.69) is 15.6 Å². The van der Waals surface area contributed by atoms with Crippen molar-refractivity contribution in [2.75, 3.05) is 18.5 Å². The van der Waals surface area contributed by atoms with Crippen molar-refractivity contribution >= 4 is 23.1 Å². The molecule has 8 heteroatoms. The van der Waals surface area contributed by atoms with Crippen molar-refractivity contribution in [1.82, 2.24) is 10.3 Å². The maximum Gasteiger partial charge on any atom is 0.254 e. The van der Waals surface area contributed by atoms with Gasteiger partial charge < -0.3 is 21.1 Å². The van der Waals surface area contributed by atoms with Crippen LogP contribution in [0, 0.1) is 12.7 Å². The number of hydrogen-bond acceptors (Lipinski definition) is 6. The zero-order valence-corrected chi connectivity index (χ0v) is 14.6. The number of nitrogens with one attached hydrogen (secondary N) is 2. The Labute approximate surface area is 148 Å². The van der Waals surface area contributed by atoms with Gasteiger partial charge in [0.25, 0.3) is 5.91 Å². The largest absolute Gasteiger partial charge is 0.380 e. The van der Waals surface area contributed by atoms with Gasteiger partial charge in [-0.15, -0.1) is 11.3 Å². The van der Waals surface area contributed by atoms with Crippen LogP contribution in [0.3, 0.4) is 0 Å². The first-order valence-electron chi connectivity index (χ1n) is 8.20. The number of pyridine rings is 1. The summed E-state index contributed by atoms with van der Waals surface area (Å²) in [5.41, 5.74) is 8.37. The number of aryl methyl sites for hydroxylation is 1. The Kier molecular flexibility index (Phi) is 4.18. The number of aromatic nitrogens is 1. The van der Waals surface area contributed by atoms with Crippen LogP contribution in [0.25, 0.3) is 10.6 Å². The SMILES string of the molecule is Cc1csc(-c2nc(NC3CCOCC3N)c(F)c3c2C(=O)NC3)c1. The number of rotatable bonds is 3. The van der Waals surface area contributed by atoms with Gasteiger partial charge >= 0.3 is 0 Å². The van der Waals surface area contributed by atoms with Crippen molar-refractivity contribution in [1.29, 1.82) is 0 Å². The summed E-state index contributed by atoms with van der Waals surface area (Å²) in [6, 6.07) is 1.62. The van der Waals surface area contributed by atoms with Crippen molar-refractivity contribution in [2.24, 2.45) is 5.73 Å². The standard InChI is InChI=1S/C17H19FN4O2S/c1-8-4-12(25-7-8)15-13-9(5-20-17(13)23)14(18)16(22-15)21-11-2-3-24-6-10(11)19/h4,7,10-11H,2-3,5-6,19H2,1H3,(H,20,23)(H,21,22). The summed E-state index contributed by atoms with van der Waals surface area (Å²) >= 11 is 1.49. The van der Waals surface area contributed by atoms with Crippen LogP contribution >= 0.6 is 11.3 Å². The number of anilines is 1. The maximum absolute atomic E-state index is 14.9. The lowest BCUT2D eigenvalue weighted by Gasteiger charge is -2.30. The normalized spacial score (nSPS) is 22.6. The molecular weight excluding hydrogens is 343 g/mol. The molecule has 0 aliphatic carbocycles. The lowest BCUT2D eigenvalue weighted by molar-refractivity contribution is 0.0751. The summed E-state index contributed by atoms with van der Waals surface area (Å²) in [4.78, 5) is 17.5. The molecule has 0 saturated carbocycles. The summed E-state index contributed by atoms with van der Waals surface area (Å²) in [6.07, 6.45) is 0.685. The molecule has 2 aromatic heterocycles. The highest BCUT2D eigenvalue weighted by atomic mass is 32.1. The smallest absolute Gasteiger partial charge is 0.254 e. The second kappa shape index (κ2) is 6.36. The van der Waals surface area contributed by atoms with Crippen LogP contribution in [0.15, 0.2) is 11.4 Å². The Balaban J connectivity index is 1.79. The third kappa shape index (κ3) is 2.90. The average molecular weight is 362 g/mol. The number of ether oxygens (including phenoxy) is 1. The highest BCUT2D eigenvalue weighted by Gasteiger charge is 2.32. The molecule has 0 aromatic carbocycles. The molecule has 4 heterocycles. The zero-order chi connectivity index (χ0) is 17.6. The number of hydrogen-bond donors (Lipinski definition) is 3. The molecule has 0 radical (unpaired) electrons. The minimum atomic E-state index is -0.482. The number of carbonyl (C=O) groups excluding carboxylic acids is 1. The topological polar surface area (TPSA) is 89.3 Å². The van der Waals surface area contributed by atoms with Gasteiger partial charge in [0.05, 0.1) is 22.7 Å². The van der Waals surface area contributed by atoms with E-state index in [0.29, 0.717) is 36.5 Å². The Bertz CT molecular complexity index is 838. The minimum Gasteiger partial charge on any atom is -0.380 e. The number of nitrogens with zero attached hydrogens (tertiary/aromatic N) is 1. The molecule has 6 nitrogen and oxygen atoms in total. The summed E-state index contributed by atoms with van der Waals surface area (Å²) in [5.74, 6) is -0.612. The molecule has 2 aliphatic heterocycles. The predicted molar refractivity (Wildman–Crippen MR) is 94.2 cm³/mol. The average Bonchev–Trinajstić information content (AvgIpc) is 3.19. The summed E-state index contributed by atoms with van der Waals surface area (Å²) in [6.45, 7) is 3.16. The van der Waals surface area contributed by atoms with E-state index < -0.39 is 5.82 Å². The van der Waals surface area contributed by atoms with E-state index in [1.165, 1.54) is 11.3 Å². The number of thiophene rings is 1. The van der Waals surface area contributed by atoms with E-state index in [1.54, 1.807) is 0 Å². The van der Waals surface area contributed by atoms with Gasteiger partial charge in [-0.2, -0.15) is 0 Å². The number of halogens is 1. The molecule has 2 aliphatic rings. The van der Waals surface area contributed by atoms with Crippen molar-refractivity contribution in [3.05, 3.63) is 34.0 Å². The molecule has 1 fully saturated rings. The van der Waals surface area contributed by atoms with Gasteiger partial charge in [0.15, 0.2) is 11.6 Å². The highest BCUT2D eigenvalue weighted by Crippen LogP contribution is 2.35. The fourth-order valence-corrected chi connectivity index (χ4v) is 4.12. The third-order valence-electron chi connectivity index (χ3n) is 4.57. The Morgan fingerprint density at radius 1 is 1.52 bits per heavy atom. The highest BCUT2D eigenvalue weighted by molar-refractivity contribution is 7.13. The van der Waals surface area contributed by atoms with E-state index >= 15 is 0 Å². The first kappa shape index (κ1) is 16.4. The van der Waals surface area contributed by atoms with E-state index in [1.807, 2.05) is 18.4 Å². The van der Waals surface area contributed by atoms with Crippen molar-refractivity contribution in [2.45, 2.75) is 32.0 Å². The molecule has 2 unspecified atom stereocenters. The second-order valence-corrected chi connectivity index (χ2v) is 7.34. The van der Waals surface area contributed by atoms with E-state index in [0.717, 1.165) is 10.4 Å². The van der Waals surface area contributed by atoms with Crippen LogP contribution in [0.5, 0.6) is 0 Å². The van der Waals surface area contributed by atoms with Gasteiger partial charge in [0.2, 0.25) is 0 Å². The molecule has 25 heavy (non-hydrogen) atoms. The first-order valence-corrected chi connectivity index (χ1v) is 9.08. The van der Waals surface area contributed by atoms with Crippen LogP contribution in [0.4, 0.5) is 10.2 Å². The summed E-state index contributed by atoms with van der Waals surface area (Å²) in [7, 11) is 0. The number of fused-ring (bicyclic) bond motifs is 1. The molecule has 1 amide bonds. The van der Waals surface area contributed by atoms with Crippen LogP contribution < -0.4 is 16.4 Å². The summed E-state index contributed by atoms with van der Waals surface area (Å²) < 4.78 is 20.3. The molecule has 4 N–H and O–H groups in total. The van der Waals surface area contributed by atoms with Gasteiger partial charge in [0, 0.05) is 30.8 Å². The van der Waals surface area contributed by atoms with Gasteiger partial charge in [0.1, 0.15) is 0 Å². The monoisotopic (exact) mass is 362 g/mol. The molecule has 2 aromatic rings. The van der Waals surface area contributed by atoms with E-state index in [9.17, 15) is 9.18 Å². The Morgan fingerprint density at radius 2 is 2.36 bits per heavy atom. The molecule has 0 spiro atoms. The summed E-state index contributed by atoms with van der Waals surface area (Å²) in [5, 5.41) is 7.82. The fraction of sp³-hybridized carbons (Fsp3) is 0.412. The second-order valence-electron chi connectivity index (χ2n) is 6.43. The predicted octanol–water partition coefficient (Wildman–Crippen LogP) is 2.03. The molecule has 2 atom stereocenters. The van der Waals surface area contributed by atoms with Crippen LogP contribution in [-0.2, 0) is 11.3 Å². The number of carbonyl (C=O) groups is 1. The van der Waals surface area contributed by atoms with Crippen LogP contribution in [0.1, 0.15) is 27.9 Å². The van der Waals surface area contributed by atoms with E-state index in [-0.39, 0.29) is 30.4 Å². The van der Waals surface area contributed by atoms with Crippen molar-refractivity contribution in [3.63, 3.8) is 0 Å². The zero-order valence-electron chi connectivity index (χ0n) is 13.8. The Hall–Kier alpha value is -2.03. The number of amides is 1. The van der Waals surface area contributed by atoms with Crippen LogP contribution in [-0.4, -0.2) is 36.2 Å². The Morgan fingerprint density at radius 3 is 3.08 bits per heavy atom. The molecule has 4 rings (SSSR count). The van der Waals surface area contributed by atoms with E-state index in [4.69, 9.17) is 10.5 Å². The lowest BCUT2D eigenvalue weighted by atomic mass is 10.0. The first-order chi connectivity index (χ1) is 12.0. The van der Waals surface area contributed by atoms with Gasteiger partial charge in [-0.1, -0.05) is 0 Å². The third-order valence-corrected chi connectivity index (χ3v) is 5.63. The molecule has 132 valence electrons. The van der Waals surface area contributed by atoms with Gasteiger partial charge in [-0.25, -0.2) is 9.37 Å². The van der Waals surface area contributed by atoms with Crippen molar-refractivity contribution in [3.8, 4) is 10.6 Å². The quantitative estimate of drug-likeness (QED) is 0.777. The fourth-order valence-electron chi connectivity index (χ4n) is 3.22. The molecular formula is C17H19FN4O2S. The lowest BCUT2D eigenvalue weighted by Crippen LogP contribution is -2.48. The van der Waals surface area contributed by atoms with Gasteiger partial charge in [-0.05, 0) is 30.4 Å². The van der Waals surface area contributed by atoms with Gasteiger partial charge in [-0.3, -0.25) is 4.79 Å². The maximum atomic E-state index is 14.9. The van der Waals surface area contributed by atoms with Crippen LogP contribution in [0.2, 0.25) is 0 Å². The molecule has 1 saturated heterocycles. The number of nitrogens with two attached hydrogens (primary N) is 1. The van der Waals surface area contributed by atoms with Crippen molar-refractivity contribution < 1.29 is 13.9 Å². The minimum absolute atomic E-state index is 0.114.